The summed E-state index contributed by atoms with van der Waals surface area (Å²) in [7, 11) is 0. The number of rotatable bonds is 2. The van der Waals surface area contributed by atoms with Gasteiger partial charge in [0, 0.05) is 23.3 Å². The highest BCUT2D eigenvalue weighted by molar-refractivity contribution is 7.11. The van der Waals surface area contributed by atoms with Crippen LogP contribution in [0.1, 0.15) is 54.1 Å². The molecule has 2 aromatic heterocycles. The Morgan fingerprint density at radius 1 is 1.47 bits per heavy atom. The molecule has 1 atom stereocenters. The van der Waals surface area contributed by atoms with Crippen LogP contribution in [0, 0.1) is 6.92 Å². The summed E-state index contributed by atoms with van der Waals surface area (Å²) in [5.74, 6) is 0.547. The van der Waals surface area contributed by atoms with Crippen LogP contribution in [0.4, 0.5) is 5.00 Å². The second-order valence-electron chi connectivity index (χ2n) is 5.08. The molecule has 3 rings (SSSR count). The van der Waals surface area contributed by atoms with Crippen LogP contribution >= 0.6 is 22.9 Å². The first-order chi connectivity index (χ1) is 9.06. The third-order valence-corrected chi connectivity index (χ3v) is 5.17. The minimum absolute atomic E-state index is 0.0578. The van der Waals surface area contributed by atoms with E-state index < -0.39 is 0 Å². The van der Waals surface area contributed by atoms with E-state index in [4.69, 9.17) is 4.98 Å². The van der Waals surface area contributed by atoms with Crippen LogP contribution in [-0.2, 0) is 4.79 Å². The van der Waals surface area contributed by atoms with Crippen molar-refractivity contribution in [3.63, 3.8) is 0 Å². The lowest BCUT2D eigenvalue weighted by Crippen LogP contribution is -2.22. The van der Waals surface area contributed by atoms with E-state index in [-0.39, 0.29) is 11.8 Å². The summed E-state index contributed by atoms with van der Waals surface area (Å²) in [5.41, 5.74) is 3.26. The molecule has 0 radical (unpaired) electrons. The van der Waals surface area contributed by atoms with Gasteiger partial charge in [-0.05, 0) is 24.4 Å². The molecular formula is C13H15N3OS2. The van der Waals surface area contributed by atoms with Gasteiger partial charge >= 0.3 is 0 Å². The quantitative estimate of drug-likeness (QED) is 0.922. The van der Waals surface area contributed by atoms with Crippen molar-refractivity contribution in [2.75, 3.05) is 5.32 Å². The van der Waals surface area contributed by atoms with E-state index in [0.717, 1.165) is 27.0 Å². The van der Waals surface area contributed by atoms with E-state index in [9.17, 15) is 4.79 Å². The Kier molecular flexibility index (Phi) is 3.14. The SMILES string of the molecule is Cc1nsc2c1[C@@H](c1nc(C(C)C)cs1)CC(=O)N2. The number of hydrogen-bond donors (Lipinski definition) is 1. The molecule has 1 aliphatic heterocycles. The molecule has 0 aromatic carbocycles. The number of nitrogens with one attached hydrogen (secondary N) is 1. The molecule has 0 saturated carbocycles. The summed E-state index contributed by atoms with van der Waals surface area (Å²) < 4.78 is 4.35. The van der Waals surface area contributed by atoms with Gasteiger partial charge < -0.3 is 5.32 Å². The van der Waals surface area contributed by atoms with E-state index in [1.165, 1.54) is 11.5 Å². The van der Waals surface area contributed by atoms with Crippen LogP contribution in [0.15, 0.2) is 5.38 Å². The van der Waals surface area contributed by atoms with Gasteiger partial charge in [-0.25, -0.2) is 4.98 Å². The number of aryl methyl sites for hydroxylation is 1. The highest BCUT2D eigenvalue weighted by atomic mass is 32.1. The first-order valence-corrected chi connectivity index (χ1v) is 7.93. The van der Waals surface area contributed by atoms with Crippen molar-refractivity contribution in [1.82, 2.24) is 9.36 Å². The van der Waals surface area contributed by atoms with Gasteiger partial charge in [0.25, 0.3) is 0 Å². The monoisotopic (exact) mass is 293 g/mol. The smallest absolute Gasteiger partial charge is 0.226 e. The molecule has 0 bridgehead atoms. The summed E-state index contributed by atoms with van der Waals surface area (Å²) in [5, 5.41) is 6.92. The standard InChI is InChI=1S/C13H15N3OS2/c1-6(2)9-5-18-12(14-9)8-4-10(17)15-13-11(8)7(3)16-19-13/h5-6,8H,4H2,1-3H3,(H,15,17)/t8-/m0/s1. The minimum atomic E-state index is 0.0578. The fraction of sp³-hybridized carbons (Fsp3) is 0.462. The average Bonchev–Trinajstić information content (AvgIpc) is 2.96. The van der Waals surface area contributed by atoms with Gasteiger partial charge in [0.15, 0.2) is 0 Å². The predicted molar refractivity (Wildman–Crippen MR) is 78.1 cm³/mol. The molecule has 100 valence electrons. The summed E-state index contributed by atoms with van der Waals surface area (Å²) in [4.78, 5) is 16.5. The van der Waals surface area contributed by atoms with Crippen molar-refractivity contribution >= 4 is 33.8 Å². The van der Waals surface area contributed by atoms with Crippen molar-refractivity contribution in [3.8, 4) is 0 Å². The van der Waals surface area contributed by atoms with Gasteiger partial charge in [-0.1, -0.05) is 13.8 Å². The van der Waals surface area contributed by atoms with E-state index >= 15 is 0 Å². The number of nitrogens with zero attached hydrogens (tertiary/aromatic N) is 2. The fourth-order valence-corrected chi connectivity index (χ4v) is 4.24. The number of carbonyl (C=O) groups excluding carboxylic acids is 1. The molecule has 0 spiro atoms. The lowest BCUT2D eigenvalue weighted by Gasteiger charge is -2.20. The highest BCUT2D eigenvalue weighted by Crippen LogP contribution is 2.42. The molecule has 0 unspecified atom stereocenters. The molecule has 2 aromatic rings. The van der Waals surface area contributed by atoms with Crippen LogP contribution < -0.4 is 5.32 Å². The van der Waals surface area contributed by atoms with Crippen LogP contribution in [0.25, 0.3) is 0 Å². The Hall–Kier alpha value is -1.27. The lowest BCUT2D eigenvalue weighted by atomic mass is 9.93. The second-order valence-corrected chi connectivity index (χ2v) is 6.74. The van der Waals surface area contributed by atoms with Crippen molar-refractivity contribution in [2.45, 2.75) is 39.0 Å². The number of carbonyl (C=O) groups is 1. The fourth-order valence-electron chi connectivity index (χ4n) is 2.28. The Morgan fingerprint density at radius 2 is 2.26 bits per heavy atom. The third kappa shape index (κ3) is 2.19. The topological polar surface area (TPSA) is 54.9 Å². The maximum atomic E-state index is 11.8. The van der Waals surface area contributed by atoms with Gasteiger partial charge in [-0.3, -0.25) is 4.79 Å². The maximum Gasteiger partial charge on any atom is 0.226 e. The number of hydrogen-bond acceptors (Lipinski definition) is 5. The van der Waals surface area contributed by atoms with Crippen molar-refractivity contribution < 1.29 is 4.79 Å². The largest absolute Gasteiger partial charge is 0.316 e. The molecule has 0 saturated heterocycles. The molecule has 6 heteroatoms. The molecule has 0 aliphatic carbocycles. The van der Waals surface area contributed by atoms with E-state index in [2.05, 4.69) is 28.9 Å². The normalized spacial score (nSPS) is 18.5. The molecule has 1 amide bonds. The van der Waals surface area contributed by atoms with E-state index in [0.29, 0.717) is 12.3 Å². The van der Waals surface area contributed by atoms with E-state index in [1.807, 2.05) is 6.92 Å². The molecule has 1 N–H and O–H groups in total. The molecule has 4 nitrogen and oxygen atoms in total. The van der Waals surface area contributed by atoms with Crippen LogP contribution in [0.2, 0.25) is 0 Å². The van der Waals surface area contributed by atoms with Gasteiger partial charge in [0.1, 0.15) is 10.0 Å². The van der Waals surface area contributed by atoms with Gasteiger partial charge in [0.2, 0.25) is 5.91 Å². The highest BCUT2D eigenvalue weighted by Gasteiger charge is 2.32. The van der Waals surface area contributed by atoms with E-state index in [1.54, 1.807) is 11.3 Å². The van der Waals surface area contributed by atoms with Crippen molar-refractivity contribution in [2.24, 2.45) is 0 Å². The summed E-state index contributed by atoms with van der Waals surface area (Å²) in [6.45, 7) is 6.27. The Balaban J connectivity index is 2.04. The number of amides is 1. The zero-order valence-corrected chi connectivity index (χ0v) is 12.7. The third-order valence-electron chi connectivity index (χ3n) is 3.33. The van der Waals surface area contributed by atoms with Crippen molar-refractivity contribution in [3.05, 3.63) is 27.3 Å². The number of fused-ring (bicyclic) bond motifs is 1. The molecule has 19 heavy (non-hydrogen) atoms. The molecule has 0 fully saturated rings. The first kappa shape index (κ1) is 12.7. The molecule has 1 aliphatic rings. The van der Waals surface area contributed by atoms with Crippen LogP contribution in [0.5, 0.6) is 0 Å². The maximum absolute atomic E-state index is 11.8. The Labute approximate surface area is 120 Å². The van der Waals surface area contributed by atoms with Crippen LogP contribution in [0.3, 0.4) is 0 Å². The Morgan fingerprint density at radius 3 is 2.95 bits per heavy atom. The zero-order valence-electron chi connectivity index (χ0n) is 11.1. The second kappa shape index (κ2) is 4.68. The summed E-state index contributed by atoms with van der Waals surface area (Å²) in [6, 6.07) is 0. The summed E-state index contributed by atoms with van der Waals surface area (Å²) in [6.07, 6.45) is 0.470. The van der Waals surface area contributed by atoms with Gasteiger partial charge in [-0.2, -0.15) is 4.37 Å². The molecule has 3 heterocycles. The predicted octanol–water partition coefficient (Wildman–Crippen LogP) is 3.51. The number of anilines is 1. The average molecular weight is 293 g/mol. The van der Waals surface area contributed by atoms with Gasteiger partial charge in [-0.15, -0.1) is 11.3 Å². The zero-order chi connectivity index (χ0) is 13.6. The van der Waals surface area contributed by atoms with Gasteiger partial charge in [0.05, 0.1) is 11.4 Å². The minimum Gasteiger partial charge on any atom is -0.316 e. The van der Waals surface area contributed by atoms with Crippen molar-refractivity contribution in [1.29, 1.82) is 0 Å². The number of thiazole rings is 1. The first-order valence-electron chi connectivity index (χ1n) is 6.27. The summed E-state index contributed by atoms with van der Waals surface area (Å²) >= 11 is 3.01. The van der Waals surface area contributed by atoms with Crippen LogP contribution in [-0.4, -0.2) is 15.3 Å². The molecular weight excluding hydrogens is 278 g/mol. The Bertz CT molecular complexity index is 630. The number of aromatic nitrogens is 2. The lowest BCUT2D eigenvalue weighted by molar-refractivity contribution is -0.116.